The number of para-hydroxylation sites is 2. The van der Waals surface area contributed by atoms with E-state index in [9.17, 15) is 4.79 Å². The van der Waals surface area contributed by atoms with E-state index >= 15 is 0 Å². The Bertz CT molecular complexity index is 1260. The Hall–Kier alpha value is -3.49. The largest absolute Gasteiger partial charge is 0.497 e. The molecule has 0 bridgehead atoms. The summed E-state index contributed by atoms with van der Waals surface area (Å²) in [4.78, 5) is 12.6. The highest BCUT2D eigenvalue weighted by molar-refractivity contribution is 7.99. The maximum atomic E-state index is 12.6. The number of benzene rings is 3. The molecule has 1 aromatic heterocycles. The summed E-state index contributed by atoms with van der Waals surface area (Å²) < 4.78 is 12.5. The first-order valence-electron chi connectivity index (χ1n) is 10.0. The summed E-state index contributed by atoms with van der Waals surface area (Å²) in [6.07, 6.45) is 0. The van der Waals surface area contributed by atoms with Crippen molar-refractivity contribution in [1.29, 1.82) is 0 Å². The Morgan fingerprint density at radius 2 is 1.79 bits per heavy atom. The van der Waals surface area contributed by atoms with E-state index in [1.165, 1.54) is 11.8 Å². The van der Waals surface area contributed by atoms with Gasteiger partial charge in [-0.05, 0) is 48.5 Å². The monoisotopic (exact) mass is 480 g/mol. The quantitative estimate of drug-likeness (QED) is 0.343. The molecule has 168 valence electrons. The number of methoxy groups -OCH3 is 2. The van der Waals surface area contributed by atoms with Gasteiger partial charge in [0.2, 0.25) is 5.91 Å². The normalized spacial score (nSPS) is 10.6. The van der Waals surface area contributed by atoms with Gasteiger partial charge in [0.05, 0.1) is 25.7 Å². The summed E-state index contributed by atoms with van der Waals surface area (Å²) in [6.45, 7) is 0. The summed E-state index contributed by atoms with van der Waals surface area (Å²) >= 11 is 7.37. The first-order valence-corrected chi connectivity index (χ1v) is 11.4. The number of nitrogens with one attached hydrogen (secondary N) is 1. The van der Waals surface area contributed by atoms with Gasteiger partial charge in [-0.15, -0.1) is 10.2 Å². The zero-order chi connectivity index (χ0) is 23.2. The molecule has 0 aliphatic heterocycles. The SMILES string of the molecule is COc1cccc(-c2nnc(SCC(=O)Nc3ccccc3OC)n2-c2ccc(Cl)cc2)c1. The van der Waals surface area contributed by atoms with Crippen LogP contribution in [0.3, 0.4) is 0 Å². The first-order chi connectivity index (χ1) is 16.1. The van der Waals surface area contributed by atoms with Gasteiger partial charge in [-0.3, -0.25) is 9.36 Å². The van der Waals surface area contributed by atoms with Crippen LogP contribution in [0.2, 0.25) is 5.02 Å². The minimum absolute atomic E-state index is 0.141. The Labute approximate surface area is 200 Å². The minimum Gasteiger partial charge on any atom is -0.497 e. The van der Waals surface area contributed by atoms with Crippen molar-refractivity contribution in [2.24, 2.45) is 0 Å². The summed E-state index contributed by atoms with van der Waals surface area (Å²) in [5.74, 6) is 1.90. The third-order valence-corrected chi connectivity index (χ3v) is 5.94. The summed E-state index contributed by atoms with van der Waals surface area (Å²) in [5.41, 5.74) is 2.28. The second kappa shape index (κ2) is 10.4. The van der Waals surface area contributed by atoms with Crippen LogP contribution in [0.4, 0.5) is 5.69 Å². The molecule has 3 aromatic carbocycles. The van der Waals surface area contributed by atoms with E-state index in [1.807, 2.05) is 53.1 Å². The number of anilines is 1. The number of ether oxygens (including phenoxy) is 2. The maximum Gasteiger partial charge on any atom is 0.234 e. The van der Waals surface area contributed by atoms with E-state index < -0.39 is 0 Å². The molecule has 7 nitrogen and oxygen atoms in total. The van der Waals surface area contributed by atoms with Crippen molar-refractivity contribution in [3.63, 3.8) is 0 Å². The van der Waals surface area contributed by atoms with Gasteiger partial charge in [-0.2, -0.15) is 0 Å². The van der Waals surface area contributed by atoms with Gasteiger partial charge >= 0.3 is 0 Å². The molecule has 0 aliphatic rings. The Kier molecular flexibility index (Phi) is 7.16. The molecule has 9 heteroatoms. The van der Waals surface area contributed by atoms with Crippen LogP contribution in [0.5, 0.6) is 11.5 Å². The van der Waals surface area contributed by atoms with E-state index in [4.69, 9.17) is 21.1 Å². The number of hydrogen-bond donors (Lipinski definition) is 1. The fourth-order valence-corrected chi connectivity index (χ4v) is 4.08. The van der Waals surface area contributed by atoms with Gasteiger partial charge in [0.15, 0.2) is 11.0 Å². The lowest BCUT2D eigenvalue weighted by molar-refractivity contribution is -0.113. The topological polar surface area (TPSA) is 78.3 Å². The Morgan fingerprint density at radius 3 is 2.55 bits per heavy atom. The van der Waals surface area contributed by atoms with Crippen LogP contribution in [0.1, 0.15) is 0 Å². The van der Waals surface area contributed by atoms with E-state index in [0.29, 0.717) is 33.2 Å². The van der Waals surface area contributed by atoms with Gasteiger partial charge in [-0.1, -0.05) is 47.6 Å². The highest BCUT2D eigenvalue weighted by Gasteiger charge is 2.18. The molecular weight excluding hydrogens is 460 g/mol. The molecule has 0 aliphatic carbocycles. The molecular formula is C24H21ClN4O3S. The number of amides is 1. The second-order valence-corrected chi connectivity index (χ2v) is 8.27. The highest BCUT2D eigenvalue weighted by atomic mass is 35.5. The average molecular weight is 481 g/mol. The zero-order valence-electron chi connectivity index (χ0n) is 18.0. The van der Waals surface area contributed by atoms with Crippen LogP contribution < -0.4 is 14.8 Å². The van der Waals surface area contributed by atoms with Crippen molar-refractivity contribution in [2.45, 2.75) is 5.16 Å². The van der Waals surface area contributed by atoms with Crippen LogP contribution in [0.25, 0.3) is 17.1 Å². The molecule has 33 heavy (non-hydrogen) atoms. The van der Waals surface area contributed by atoms with Crippen molar-refractivity contribution in [2.75, 3.05) is 25.3 Å². The maximum absolute atomic E-state index is 12.6. The summed E-state index contributed by atoms with van der Waals surface area (Å²) in [6, 6.07) is 22.2. The molecule has 4 aromatic rings. The number of rotatable bonds is 8. The van der Waals surface area contributed by atoms with Crippen LogP contribution >= 0.6 is 23.4 Å². The standard InChI is InChI=1S/C24H21ClN4O3S/c1-31-19-7-5-6-16(14-19)23-27-28-24(29(23)18-12-10-17(25)11-13-18)33-15-22(30)26-20-8-3-4-9-21(20)32-2/h3-14H,15H2,1-2H3,(H,26,30). The number of aromatic nitrogens is 3. The lowest BCUT2D eigenvalue weighted by atomic mass is 10.2. The molecule has 4 rings (SSSR count). The zero-order valence-corrected chi connectivity index (χ0v) is 19.6. The molecule has 0 spiro atoms. The van der Waals surface area contributed by atoms with E-state index in [0.717, 1.165) is 11.3 Å². The predicted molar refractivity (Wildman–Crippen MR) is 131 cm³/mol. The van der Waals surface area contributed by atoms with Crippen molar-refractivity contribution in [3.8, 4) is 28.6 Å². The lowest BCUT2D eigenvalue weighted by Gasteiger charge is -2.12. The van der Waals surface area contributed by atoms with Gasteiger partial charge in [0.1, 0.15) is 11.5 Å². The van der Waals surface area contributed by atoms with Crippen molar-refractivity contribution in [3.05, 3.63) is 77.8 Å². The Morgan fingerprint density at radius 1 is 1.00 bits per heavy atom. The third kappa shape index (κ3) is 5.30. The van der Waals surface area contributed by atoms with Crippen LogP contribution in [0.15, 0.2) is 78.0 Å². The molecule has 0 radical (unpaired) electrons. The van der Waals surface area contributed by atoms with E-state index in [2.05, 4.69) is 15.5 Å². The fraction of sp³-hybridized carbons (Fsp3) is 0.125. The van der Waals surface area contributed by atoms with Crippen molar-refractivity contribution >= 4 is 35.0 Å². The summed E-state index contributed by atoms with van der Waals surface area (Å²) in [5, 5.41) is 12.8. The highest BCUT2D eigenvalue weighted by Crippen LogP contribution is 2.30. The van der Waals surface area contributed by atoms with Gasteiger partial charge in [0.25, 0.3) is 0 Å². The molecule has 0 unspecified atom stereocenters. The Balaban J connectivity index is 1.62. The number of hydrogen-bond acceptors (Lipinski definition) is 6. The number of thioether (sulfide) groups is 1. The predicted octanol–water partition coefficient (Wildman–Crippen LogP) is 5.34. The number of carbonyl (C=O) groups is 1. The molecule has 1 amide bonds. The van der Waals surface area contributed by atoms with E-state index in [-0.39, 0.29) is 11.7 Å². The third-order valence-electron chi connectivity index (χ3n) is 4.76. The smallest absolute Gasteiger partial charge is 0.234 e. The number of carbonyl (C=O) groups excluding carboxylic acids is 1. The first kappa shape index (κ1) is 22.7. The number of halogens is 1. The minimum atomic E-state index is -0.182. The van der Waals surface area contributed by atoms with Gasteiger partial charge in [0, 0.05) is 16.3 Å². The molecule has 1 heterocycles. The molecule has 0 saturated carbocycles. The molecule has 0 saturated heterocycles. The van der Waals surface area contributed by atoms with Crippen molar-refractivity contribution in [1.82, 2.24) is 14.8 Å². The van der Waals surface area contributed by atoms with Crippen LogP contribution in [-0.4, -0.2) is 40.6 Å². The fourth-order valence-electron chi connectivity index (χ4n) is 3.20. The van der Waals surface area contributed by atoms with Gasteiger partial charge in [-0.25, -0.2) is 0 Å². The van der Waals surface area contributed by atoms with E-state index in [1.54, 1.807) is 38.5 Å². The number of nitrogens with zero attached hydrogens (tertiary/aromatic N) is 3. The van der Waals surface area contributed by atoms with Crippen LogP contribution in [0, 0.1) is 0 Å². The molecule has 0 atom stereocenters. The molecule has 0 fully saturated rings. The van der Waals surface area contributed by atoms with Crippen LogP contribution in [-0.2, 0) is 4.79 Å². The second-order valence-electron chi connectivity index (χ2n) is 6.89. The summed E-state index contributed by atoms with van der Waals surface area (Å²) in [7, 11) is 3.18. The van der Waals surface area contributed by atoms with Crippen molar-refractivity contribution < 1.29 is 14.3 Å². The molecule has 1 N–H and O–H groups in total. The lowest BCUT2D eigenvalue weighted by Crippen LogP contribution is -2.15. The van der Waals surface area contributed by atoms with Gasteiger partial charge < -0.3 is 14.8 Å². The average Bonchev–Trinajstić information content (AvgIpc) is 3.27.